The number of amidine groups is 2. The van der Waals surface area contributed by atoms with Crippen LogP contribution >= 0.6 is 0 Å². The van der Waals surface area contributed by atoms with E-state index in [0.29, 0.717) is 22.4 Å². The van der Waals surface area contributed by atoms with Crippen molar-refractivity contribution in [2.75, 3.05) is 0 Å². The molecule has 0 radical (unpaired) electrons. The Bertz CT molecular complexity index is 994. The lowest BCUT2D eigenvalue weighted by molar-refractivity contribution is 0.0735. The molecule has 0 amide bonds. The molecule has 0 aliphatic carbocycles. The van der Waals surface area contributed by atoms with Crippen LogP contribution in [0.4, 0.5) is 0 Å². The SMILES string of the molecule is N=C(N)c1ccc(C(=O)Oc2ccc3cc(C(=N)N)ccc3c2)cc1. The van der Waals surface area contributed by atoms with E-state index < -0.39 is 5.97 Å². The summed E-state index contributed by atoms with van der Waals surface area (Å²) in [5.41, 5.74) is 12.4. The molecule has 0 aliphatic heterocycles. The summed E-state index contributed by atoms with van der Waals surface area (Å²) in [6.07, 6.45) is 0. The zero-order chi connectivity index (χ0) is 18.0. The number of benzene rings is 3. The Balaban J connectivity index is 1.82. The molecule has 0 atom stereocenters. The number of nitrogen functional groups attached to an aromatic ring is 2. The zero-order valence-corrected chi connectivity index (χ0v) is 13.2. The molecule has 3 aromatic carbocycles. The Hall–Kier alpha value is -3.67. The summed E-state index contributed by atoms with van der Waals surface area (Å²) in [6.45, 7) is 0. The van der Waals surface area contributed by atoms with Gasteiger partial charge in [0.05, 0.1) is 5.56 Å². The minimum Gasteiger partial charge on any atom is -0.423 e. The molecule has 0 fully saturated rings. The summed E-state index contributed by atoms with van der Waals surface area (Å²) in [5, 5.41) is 16.6. The van der Waals surface area contributed by atoms with E-state index in [1.54, 1.807) is 42.5 Å². The normalized spacial score (nSPS) is 10.4. The topological polar surface area (TPSA) is 126 Å². The van der Waals surface area contributed by atoms with E-state index in [1.807, 2.05) is 18.2 Å². The van der Waals surface area contributed by atoms with Crippen molar-refractivity contribution in [3.63, 3.8) is 0 Å². The smallest absolute Gasteiger partial charge is 0.343 e. The van der Waals surface area contributed by atoms with E-state index in [1.165, 1.54) is 0 Å². The van der Waals surface area contributed by atoms with Gasteiger partial charge in [-0.3, -0.25) is 10.8 Å². The third-order valence-corrected chi connectivity index (χ3v) is 3.76. The van der Waals surface area contributed by atoms with Gasteiger partial charge in [0.15, 0.2) is 0 Å². The highest BCUT2D eigenvalue weighted by Crippen LogP contribution is 2.23. The fourth-order valence-corrected chi connectivity index (χ4v) is 2.41. The van der Waals surface area contributed by atoms with Crippen molar-refractivity contribution in [2.24, 2.45) is 11.5 Å². The van der Waals surface area contributed by atoms with Crippen LogP contribution in [-0.4, -0.2) is 17.6 Å². The van der Waals surface area contributed by atoms with Gasteiger partial charge in [0, 0.05) is 11.1 Å². The van der Waals surface area contributed by atoms with Crippen LogP contribution in [0.3, 0.4) is 0 Å². The molecule has 25 heavy (non-hydrogen) atoms. The first-order chi connectivity index (χ1) is 11.9. The second kappa shape index (κ2) is 6.45. The third kappa shape index (κ3) is 3.48. The number of ether oxygens (including phenoxy) is 1. The minimum atomic E-state index is -0.491. The second-order valence-electron chi connectivity index (χ2n) is 5.52. The van der Waals surface area contributed by atoms with Crippen molar-refractivity contribution in [1.82, 2.24) is 0 Å². The largest absolute Gasteiger partial charge is 0.423 e. The first-order valence-corrected chi connectivity index (χ1v) is 7.49. The Morgan fingerprint density at radius 3 is 1.88 bits per heavy atom. The van der Waals surface area contributed by atoms with Gasteiger partial charge in [0.25, 0.3) is 0 Å². The van der Waals surface area contributed by atoms with E-state index >= 15 is 0 Å². The van der Waals surface area contributed by atoms with Gasteiger partial charge >= 0.3 is 5.97 Å². The first kappa shape index (κ1) is 16.2. The maximum atomic E-state index is 12.2. The van der Waals surface area contributed by atoms with Gasteiger partial charge in [0.2, 0.25) is 0 Å². The van der Waals surface area contributed by atoms with Crippen LogP contribution < -0.4 is 16.2 Å². The van der Waals surface area contributed by atoms with Crippen molar-refractivity contribution in [1.29, 1.82) is 10.8 Å². The van der Waals surface area contributed by atoms with Crippen molar-refractivity contribution in [3.8, 4) is 5.75 Å². The molecule has 0 unspecified atom stereocenters. The quantitative estimate of drug-likeness (QED) is 0.253. The standard InChI is InChI=1S/C19H16N4O2/c20-17(21)11-1-3-12(4-2-11)19(24)25-16-8-7-13-9-15(18(22)23)6-5-14(13)10-16/h1-10H,(H3,20,21)(H3,22,23). The highest BCUT2D eigenvalue weighted by molar-refractivity contribution is 6.00. The summed E-state index contributed by atoms with van der Waals surface area (Å²) in [5.74, 6) is -0.121. The number of esters is 1. The average Bonchev–Trinajstić information content (AvgIpc) is 2.61. The van der Waals surface area contributed by atoms with Crippen LogP contribution in [0.1, 0.15) is 21.5 Å². The molecule has 3 rings (SSSR count). The lowest BCUT2D eigenvalue weighted by Gasteiger charge is -2.07. The lowest BCUT2D eigenvalue weighted by atomic mass is 10.1. The van der Waals surface area contributed by atoms with Gasteiger partial charge in [-0.1, -0.05) is 30.3 Å². The molecular formula is C19H16N4O2. The van der Waals surface area contributed by atoms with E-state index in [9.17, 15) is 4.79 Å². The Morgan fingerprint density at radius 2 is 1.24 bits per heavy atom. The molecule has 0 saturated carbocycles. The van der Waals surface area contributed by atoms with Crippen LogP contribution in [0, 0.1) is 10.8 Å². The summed E-state index contributed by atoms with van der Waals surface area (Å²) in [4.78, 5) is 12.2. The molecule has 0 bridgehead atoms. The van der Waals surface area contributed by atoms with E-state index in [4.69, 9.17) is 27.0 Å². The molecular weight excluding hydrogens is 316 g/mol. The van der Waals surface area contributed by atoms with Gasteiger partial charge in [-0.25, -0.2) is 4.79 Å². The number of fused-ring (bicyclic) bond motifs is 1. The van der Waals surface area contributed by atoms with E-state index in [2.05, 4.69) is 0 Å². The van der Waals surface area contributed by atoms with E-state index in [0.717, 1.165) is 10.8 Å². The molecule has 124 valence electrons. The molecule has 6 nitrogen and oxygen atoms in total. The number of rotatable bonds is 4. The number of carbonyl (C=O) groups excluding carboxylic acids is 1. The van der Waals surface area contributed by atoms with Crippen LogP contribution in [0.25, 0.3) is 10.8 Å². The van der Waals surface area contributed by atoms with Crippen molar-refractivity contribution in [3.05, 3.63) is 77.4 Å². The molecule has 0 saturated heterocycles. The minimum absolute atomic E-state index is 0.00594. The maximum absolute atomic E-state index is 12.2. The number of nitrogens with two attached hydrogens (primary N) is 2. The number of hydrogen-bond donors (Lipinski definition) is 4. The number of hydrogen-bond acceptors (Lipinski definition) is 4. The highest BCUT2D eigenvalue weighted by Gasteiger charge is 2.10. The molecule has 3 aromatic rings. The second-order valence-corrected chi connectivity index (χ2v) is 5.52. The van der Waals surface area contributed by atoms with Crippen molar-refractivity contribution >= 4 is 28.4 Å². The van der Waals surface area contributed by atoms with Crippen LogP contribution in [0.2, 0.25) is 0 Å². The number of nitrogens with one attached hydrogen (secondary N) is 2. The molecule has 6 N–H and O–H groups in total. The Morgan fingerprint density at radius 1 is 0.720 bits per heavy atom. The van der Waals surface area contributed by atoms with Crippen LogP contribution in [-0.2, 0) is 0 Å². The molecule has 0 aliphatic rings. The Labute approximate surface area is 144 Å². The predicted octanol–water partition coefficient (Wildman–Crippen LogP) is 2.63. The summed E-state index contributed by atoms with van der Waals surface area (Å²) in [7, 11) is 0. The van der Waals surface area contributed by atoms with Gasteiger partial charge in [-0.05, 0) is 41.1 Å². The average molecular weight is 332 g/mol. The Kier molecular flexibility index (Phi) is 4.18. The molecule has 6 heteroatoms. The summed E-state index contributed by atoms with van der Waals surface area (Å²) in [6, 6.07) is 17.0. The van der Waals surface area contributed by atoms with Gasteiger partial charge in [-0.15, -0.1) is 0 Å². The molecule has 0 aromatic heterocycles. The first-order valence-electron chi connectivity index (χ1n) is 7.49. The van der Waals surface area contributed by atoms with Crippen LogP contribution in [0.15, 0.2) is 60.7 Å². The maximum Gasteiger partial charge on any atom is 0.343 e. The zero-order valence-electron chi connectivity index (χ0n) is 13.2. The fourth-order valence-electron chi connectivity index (χ4n) is 2.41. The summed E-state index contributed by atoms with van der Waals surface area (Å²) < 4.78 is 5.40. The highest BCUT2D eigenvalue weighted by atomic mass is 16.5. The molecule has 0 spiro atoms. The van der Waals surface area contributed by atoms with Crippen LogP contribution in [0.5, 0.6) is 5.75 Å². The summed E-state index contributed by atoms with van der Waals surface area (Å²) >= 11 is 0. The monoisotopic (exact) mass is 332 g/mol. The van der Waals surface area contributed by atoms with Gasteiger partial charge in [-0.2, -0.15) is 0 Å². The van der Waals surface area contributed by atoms with Crippen molar-refractivity contribution < 1.29 is 9.53 Å². The number of carbonyl (C=O) groups is 1. The lowest BCUT2D eigenvalue weighted by Crippen LogP contribution is -2.12. The van der Waals surface area contributed by atoms with Gasteiger partial charge < -0.3 is 16.2 Å². The molecule has 0 heterocycles. The van der Waals surface area contributed by atoms with E-state index in [-0.39, 0.29) is 11.7 Å². The fraction of sp³-hybridized carbons (Fsp3) is 0. The predicted molar refractivity (Wildman–Crippen MR) is 97.4 cm³/mol. The van der Waals surface area contributed by atoms with Gasteiger partial charge in [0.1, 0.15) is 17.4 Å². The third-order valence-electron chi connectivity index (χ3n) is 3.76. The van der Waals surface area contributed by atoms with Crippen molar-refractivity contribution in [2.45, 2.75) is 0 Å².